The Hall–Kier alpha value is -1.90. The summed E-state index contributed by atoms with van der Waals surface area (Å²) in [6.45, 7) is 3.43. The van der Waals surface area contributed by atoms with Crippen molar-refractivity contribution >= 4 is 5.91 Å². The molecule has 0 aliphatic rings. The van der Waals surface area contributed by atoms with Crippen LogP contribution in [0.15, 0.2) is 18.2 Å². The standard InChI is InChI=1S/C14H17FN2O2/c1-2-19-9-8-17-14(18)13-10-12(15)6-5-11(13)4-3-7-16/h5-6,10H,2,7-9,16H2,1H3,(H,17,18). The topological polar surface area (TPSA) is 64.3 Å². The van der Waals surface area contributed by atoms with E-state index < -0.39 is 5.82 Å². The molecule has 0 unspecified atom stereocenters. The molecule has 0 saturated heterocycles. The Morgan fingerprint density at radius 2 is 2.32 bits per heavy atom. The Kier molecular flexibility index (Phi) is 6.58. The maximum Gasteiger partial charge on any atom is 0.252 e. The van der Waals surface area contributed by atoms with Crippen molar-refractivity contribution in [3.8, 4) is 11.8 Å². The van der Waals surface area contributed by atoms with Crippen molar-refractivity contribution in [2.45, 2.75) is 6.92 Å². The summed E-state index contributed by atoms with van der Waals surface area (Å²) in [7, 11) is 0. The van der Waals surface area contributed by atoms with E-state index in [1.807, 2.05) is 6.92 Å². The number of rotatable bonds is 5. The summed E-state index contributed by atoms with van der Waals surface area (Å²) in [6.07, 6.45) is 0. The quantitative estimate of drug-likeness (QED) is 0.613. The molecule has 1 amide bonds. The number of carbonyl (C=O) groups excluding carboxylic acids is 1. The number of nitrogens with one attached hydrogen (secondary N) is 1. The lowest BCUT2D eigenvalue weighted by atomic mass is 10.1. The lowest BCUT2D eigenvalue weighted by Gasteiger charge is -2.07. The first-order chi connectivity index (χ1) is 9.19. The lowest BCUT2D eigenvalue weighted by Crippen LogP contribution is -2.28. The molecule has 102 valence electrons. The molecule has 0 bridgehead atoms. The van der Waals surface area contributed by atoms with E-state index >= 15 is 0 Å². The van der Waals surface area contributed by atoms with Crippen LogP contribution in [0.2, 0.25) is 0 Å². The second-order valence-corrected chi connectivity index (χ2v) is 3.65. The number of ether oxygens (including phenoxy) is 1. The first-order valence-corrected chi connectivity index (χ1v) is 6.03. The van der Waals surface area contributed by atoms with Gasteiger partial charge in [-0.3, -0.25) is 4.79 Å². The summed E-state index contributed by atoms with van der Waals surface area (Å²) in [6, 6.07) is 3.89. The van der Waals surface area contributed by atoms with E-state index in [2.05, 4.69) is 17.2 Å². The van der Waals surface area contributed by atoms with E-state index in [1.165, 1.54) is 12.1 Å². The molecule has 1 aromatic carbocycles. The molecule has 5 heteroatoms. The van der Waals surface area contributed by atoms with Crippen LogP contribution >= 0.6 is 0 Å². The average Bonchev–Trinajstić information content (AvgIpc) is 2.42. The zero-order chi connectivity index (χ0) is 14.1. The van der Waals surface area contributed by atoms with Crippen LogP contribution in [0.5, 0.6) is 0 Å². The normalized spacial score (nSPS) is 9.63. The van der Waals surface area contributed by atoms with Crippen LogP contribution in [0.4, 0.5) is 4.39 Å². The van der Waals surface area contributed by atoms with E-state index in [9.17, 15) is 9.18 Å². The Labute approximate surface area is 112 Å². The minimum Gasteiger partial charge on any atom is -0.380 e. The summed E-state index contributed by atoms with van der Waals surface area (Å²) < 4.78 is 18.3. The van der Waals surface area contributed by atoms with Crippen LogP contribution < -0.4 is 11.1 Å². The molecule has 0 atom stereocenters. The van der Waals surface area contributed by atoms with Gasteiger partial charge in [-0.1, -0.05) is 11.8 Å². The van der Waals surface area contributed by atoms with Gasteiger partial charge < -0.3 is 15.8 Å². The van der Waals surface area contributed by atoms with Gasteiger partial charge in [-0.05, 0) is 25.1 Å². The molecule has 0 heterocycles. The molecule has 0 saturated carbocycles. The van der Waals surface area contributed by atoms with E-state index in [-0.39, 0.29) is 18.0 Å². The van der Waals surface area contributed by atoms with Crippen molar-refractivity contribution in [2.24, 2.45) is 5.73 Å². The highest BCUT2D eigenvalue weighted by Gasteiger charge is 2.10. The highest BCUT2D eigenvalue weighted by atomic mass is 19.1. The molecule has 0 radical (unpaired) electrons. The molecule has 0 aromatic heterocycles. The predicted octanol–water partition coefficient (Wildman–Crippen LogP) is 0.902. The van der Waals surface area contributed by atoms with Crippen LogP contribution in [0, 0.1) is 17.7 Å². The summed E-state index contributed by atoms with van der Waals surface area (Å²) in [5.41, 5.74) is 5.95. The number of hydrogen-bond donors (Lipinski definition) is 2. The molecule has 0 aliphatic carbocycles. The molecule has 1 rings (SSSR count). The van der Waals surface area contributed by atoms with Crippen molar-refractivity contribution in [1.82, 2.24) is 5.32 Å². The fourth-order valence-electron chi connectivity index (χ4n) is 1.44. The monoisotopic (exact) mass is 264 g/mol. The molecule has 3 N–H and O–H groups in total. The second kappa shape index (κ2) is 8.25. The van der Waals surface area contributed by atoms with Crippen molar-refractivity contribution in [2.75, 3.05) is 26.3 Å². The molecule has 1 aromatic rings. The van der Waals surface area contributed by atoms with E-state index in [4.69, 9.17) is 10.5 Å². The Morgan fingerprint density at radius 1 is 1.53 bits per heavy atom. The second-order valence-electron chi connectivity index (χ2n) is 3.65. The largest absolute Gasteiger partial charge is 0.380 e. The van der Waals surface area contributed by atoms with Gasteiger partial charge in [0.1, 0.15) is 5.82 Å². The number of benzene rings is 1. The van der Waals surface area contributed by atoms with Gasteiger partial charge in [0.2, 0.25) is 0 Å². The lowest BCUT2D eigenvalue weighted by molar-refractivity contribution is 0.0922. The van der Waals surface area contributed by atoms with Gasteiger partial charge in [0.05, 0.1) is 18.7 Å². The minimum atomic E-state index is -0.478. The maximum atomic E-state index is 13.2. The first-order valence-electron chi connectivity index (χ1n) is 6.03. The molecule has 0 spiro atoms. The van der Waals surface area contributed by atoms with Crippen molar-refractivity contribution in [3.05, 3.63) is 35.1 Å². The molecule has 4 nitrogen and oxygen atoms in total. The number of hydrogen-bond acceptors (Lipinski definition) is 3. The predicted molar refractivity (Wildman–Crippen MR) is 71.2 cm³/mol. The van der Waals surface area contributed by atoms with Crippen LogP contribution in [-0.2, 0) is 4.74 Å². The van der Waals surface area contributed by atoms with Gasteiger partial charge in [-0.25, -0.2) is 4.39 Å². The summed E-state index contributed by atoms with van der Waals surface area (Å²) in [5, 5.41) is 2.65. The highest BCUT2D eigenvalue weighted by Crippen LogP contribution is 2.10. The third-order valence-electron chi connectivity index (χ3n) is 2.29. The van der Waals surface area contributed by atoms with E-state index in [0.717, 1.165) is 6.07 Å². The van der Waals surface area contributed by atoms with Gasteiger partial charge in [0.25, 0.3) is 5.91 Å². The van der Waals surface area contributed by atoms with Gasteiger partial charge >= 0.3 is 0 Å². The minimum absolute atomic E-state index is 0.183. The number of carbonyl (C=O) groups is 1. The van der Waals surface area contributed by atoms with Crippen molar-refractivity contribution < 1.29 is 13.9 Å². The summed E-state index contributed by atoms with van der Waals surface area (Å²) >= 11 is 0. The van der Waals surface area contributed by atoms with Crippen LogP contribution in [0.25, 0.3) is 0 Å². The molecular formula is C14H17FN2O2. The number of halogens is 1. The maximum absolute atomic E-state index is 13.2. The Bertz CT molecular complexity index is 492. The van der Waals surface area contributed by atoms with Crippen molar-refractivity contribution in [1.29, 1.82) is 0 Å². The zero-order valence-electron chi connectivity index (χ0n) is 10.8. The van der Waals surface area contributed by atoms with Crippen LogP contribution in [0.3, 0.4) is 0 Å². The SMILES string of the molecule is CCOCCNC(=O)c1cc(F)ccc1C#CCN. The Balaban J connectivity index is 2.79. The third kappa shape index (κ3) is 5.08. The zero-order valence-corrected chi connectivity index (χ0v) is 10.8. The summed E-state index contributed by atoms with van der Waals surface area (Å²) in [4.78, 5) is 11.9. The number of nitrogens with two attached hydrogens (primary N) is 1. The first kappa shape index (κ1) is 15.2. The van der Waals surface area contributed by atoms with Gasteiger partial charge in [0, 0.05) is 18.7 Å². The Morgan fingerprint density at radius 3 is 3.00 bits per heavy atom. The van der Waals surface area contributed by atoms with E-state index in [1.54, 1.807) is 0 Å². The van der Waals surface area contributed by atoms with Crippen LogP contribution in [0.1, 0.15) is 22.8 Å². The highest BCUT2D eigenvalue weighted by molar-refractivity contribution is 5.96. The van der Waals surface area contributed by atoms with Crippen LogP contribution in [-0.4, -0.2) is 32.2 Å². The van der Waals surface area contributed by atoms with Gasteiger partial charge in [0.15, 0.2) is 0 Å². The molecule has 19 heavy (non-hydrogen) atoms. The molecule has 0 fully saturated rings. The molecular weight excluding hydrogens is 247 g/mol. The van der Waals surface area contributed by atoms with E-state index in [0.29, 0.717) is 25.3 Å². The average molecular weight is 264 g/mol. The summed E-state index contributed by atoms with van der Waals surface area (Å²) in [5.74, 6) is 4.54. The molecule has 0 aliphatic heterocycles. The number of amides is 1. The fourth-order valence-corrected chi connectivity index (χ4v) is 1.44. The third-order valence-corrected chi connectivity index (χ3v) is 2.29. The van der Waals surface area contributed by atoms with Crippen molar-refractivity contribution in [3.63, 3.8) is 0 Å². The van der Waals surface area contributed by atoms with Gasteiger partial charge in [-0.15, -0.1) is 0 Å². The fraction of sp³-hybridized carbons (Fsp3) is 0.357. The smallest absolute Gasteiger partial charge is 0.252 e. The van der Waals surface area contributed by atoms with Gasteiger partial charge in [-0.2, -0.15) is 0 Å².